The van der Waals surface area contributed by atoms with Crippen LogP contribution >= 0.6 is 0 Å². The van der Waals surface area contributed by atoms with E-state index in [1.807, 2.05) is 49.4 Å². The molecule has 3 nitrogen and oxygen atoms in total. The predicted octanol–water partition coefficient (Wildman–Crippen LogP) is 3.34. The predicted molar refractivity (Wildman–Crippen MR) is 68.3 cm³/mol. The lowest BCUT2D eigenvalue weighted by Crippen LogP contribution is -1.98. The van der Waals surface area contributed by atoms with Crippen molar-refractivity contribution in [1.29, 1.82) is 0 Å². The Morgan fingerprint density at radius 2 is 1.94 bits per heavy atom. The van der Waals surface area contributed by atoms with Gasteiger partial charge in [0.2, 0.25) is 0 Å². The standard InChI is InChI=1S/C14H14N2O/c1-2-13(16-17)11-6-8-12(9-7-11)14-5-3-4-10-15-14/h3-10,17H,2H2,1H3. The van der Waals surface area contributed by atoms with Crippen molar-refractivity contribution in [2.24, 2.45) is 5.16 Å². The van der Waals surface area contributed by atoms with Crippen molar-refractivity contribution in [1.82, 2.24) is 4.98 Å². The molecule has 0 unspecified atom stereocenters. The molecule has 0 fully saturated rings. The number of aromatic nitrogens is 1. The van der Waals surface area contributed by atoms with Crippen LogP contribution in [0.5, 0.6) is 0 Å². The minimum Gasteiger partial charge on any atom is -0.411 e. The highest BCUT2D eigenvalue weighted by Crippen LogP contribution is 2.17. The summed E-state index contributed by atoms with van der Waals surface area (Å²) < 4.78 is 0. The Bertz CT molecular complexity index is 504. The Hall–Kier alpha value is -2.16. The summed E-state index contributed by atoms with van der Waals surface area (Å²) in [6.45, 7) is 1.96. The Balaban J connectivity index is 2.31. The van der Waals surface area contributed by atoms with Gasteiger partial charge >= 0.3 is 0 Å². The summed E-state index contributed by atoms with van der Waals surface area (Å²) in [6.07, 6.45) is 2.48. The van der Waals surface area contributed by atoms with Crippen molar-refractivity contribution in [3.05, 3.63) is 54.2 Å². The Morgan fingerprint density at radius 3 is 2.47 bits per heavy atom. The highest BCUT2D eigenvalue weighted by atomic mass is 16.4. The molecule has 0 saturated carbocycles. The minimum absolute atomic E-state index is 0.692. The first-order valence-corrected chi connectivity index (χ1v) is 5.58. The summed E-state index contributed by atoms with van der Waals surface area (Å²) in [7, 11) is 0. The fourth-order valence-corrected chi connectivity index (χ4v) is 1.70. The smallest absolute Gasteiger partial charge is 0.0865 e. The van der Waals surface area contributed by atoms with Gasteiger partial charge in [0.25, 0.3) is 0 Å². The normalized spacial score (nSPS) is 11.5. The van der Waals surface area contributed by atoms with E-state index >= 15 is 0 Å². The van der Waals surface area contributed by atoms with Crippen molar-refractivity contribution in [2.45, 2.75) is 13.3 Å². The maximum Gasteiger partial charge on any atom is 0.0865 e. The number of nitrogens with zero attached hydrogens (tertiary/aromatic N) is 2. The average Bonchev–Trinajstić information content (AvgIpc) is 2.42. The van der Waals surface area contributed by atoms with Crippen molar-refractivity contribution < 1.29 is 5.21 Å². The van der Waals surface area contributed by atoms with Gasteiger partial charge < -0.3 is 5.21 Å². The Labute approximate surface area is 100 Å². The largest absolute Gasteiger partial charge is 0.411 e. The van der Waals surface area contributed by atoms with Crippen LogP contribution in [-0.2, 0) is 0 Å². The van der Waals surface area contributed by atoms with E-state index in [-0.39, 0.29) is 0 Å². The third-order valence-corrected chi connectivity index (χ3v) is 2.63. The van der Waals surface area contributed by atoms with E-state index < -0.39 is 0 Å². The van der Waals surface area contributed by atoms with E-state index in [0.717, 1.165) is 16.8 Å². The molecule has 1 heterocycles. The zero-order valence-electron chi connectivity index (χ0n) is 9.67. The molecule has 3 heteroatoms. The number of hydrogen-bond donors (Lipinski definition) is 1. The van der Waals surface area contributed by atoms with E-state index in [1.165, 1.54) is 0 Å². The van der Waals surface area contributed by atoms with E-state index in [0.29, 0.717) is 12.1 Å². The molecule has 17 heavy (non-hydrogen) atoms. The molecule has 1 aromatic heterocycles. The molecule has 2 rings (SSSR count). The topological polar surface area (TPSA) is 45.5 Å². The average molecular weight is 226 g/mol. The zero-order valence-corrected chi connectivity index (χ0v) is 9.67. The summed E-state index contributed by atoms with van der Waals surface area (Å²) in [5, 5.41) is 12.1. The van der Waals surface area contributed by atoms with Crippen LogP contribution in [0, 0.1) is 0 Å². The number of pyridine rings is 1. The number of benzene rings is 1. The quantitative estimate of drug-likeness (QED) is 0.495. The highest BCUT2D eigenvalue weighted by Gasteiger charge is 2.03. The maximum atomic E-state index is 8.84. The molecule has 0 radical (unpaired) electrons. The first kappa shape index (κ1) is 11.3. The molecule has 1 N–H and O–H groups in total. The first-order valence-electron chi connectivity index (χ1n) is 5.58. The van der Waals surface area contributed by atoms with Gasteiger partial charge in [-0.2, -0.15) is 0 Å². The van der Waals surface area contributed by atoms with Gasteiger partial charge in [-0.3, -0.25) is 4.98 Å². The Morgan fingerprint density at radius 1 is 1.18 bits per heavy atom. The zero-order chi connectivity index (χ0) is 12.1. The molecule has 0 atom stereocenters. The van der Waals surface area contributed by atoms with Crippen molar-refractivity contribution in [3.63, 3.8) is 0 Å². The van der Waals surface area contributed by atoms with E-state index in [2.05, 4.69) is 10.1 Å². The van der Waals surface area contributed by atoms with E-state index in [4.69, 9.17) is 5.21 Å². The lowest BCUT2D eigenvalue weighted by Gasteiger charge is -2.04. The molecule has 86 valence electrons. The fraction of sp³-hybridized carbons (Fsp3) is 0.143. The molecule has 0 aliphatic rings. The number of rotatable bonds is 3. The summed E-state index contributed by atoms with van der Waals surface area (Å²) in [5.41, 5.74) is 3.63. The summed E-state index contributed by atoms with van der Waals surface area (Å²) in [6, 6.07) is 13.7. The number of hydrogen-bond acceptors (Lipinski definition) is 3. The van der Waals surface area contributed by atoms with Gasteiger partial charge in [0, 0.05) is 11.8 Å². The minimum atomic E-state index is 0.692. The van der Waals surface area contributed by atoms with Crippen LogP contribution in [0.3, 0.4) is 0 Å². The molecule has 0 aliphatic heterocycles. The second kappa shape index (κ2) is 5.25. The molecular formula is C14H14N2O. The molecule has 0 bridgehead atoms. The van der Waals surface area contributed by atoms with Crippen LogP contribution in [0.1, 0.15) is 18.9 Å². The second-order valence-electron chi connectivity index (χ2n) is 3.69. The molecule has 0 aliphatic carbocycles. The van der Waals surface area contributed by atoms with Gasteiger partial charge in [-0.05, 0) is 24.1 Å². The molecule has 0 spiro atoms. The van der Waals surface area contributed by atoms with Gasteiger partial charge in [0.1, 0.15) is 0 Å². The van der Waals surface area contributed by atoms with Crippen LogP contribution in [0.25, 0.3) is 11.3 Å². The summed E-state index contributed by atoms with van der Waals surface area (Å²) >= 11 is 0. The monoisotopic (exact) mass is 226 g/mol. The van der Waals surface area contributed by atoms with Gasteiger partial charge in [0.15, 0.2) is 0 Å². The van der Waals surface area contributed by atoms with Gasteiger partial charge in [-0.25, -0.2) is 0 Å². The molecule has 1 aromatic carbocycles. The van der Waals surface area contributed by atoms with Gasteiger partial charge in [-0.1, -0.05) is 42.4 Å². The maximum absolute atomic E-state index is 8.84. The second-order valence-corrected chi connectivity index (χ2v) is 3.69. The lowest BCUT2D eigenvalue weighted by atomic mass is 10.0. The van der Waals surface area contributed by atoms with E-state index in [1.54, 1.807) is 6.20 Å². The third kappa shape index (κ3) is 2.50. The SMILES string of the molecule is CCC(=NO)c1ccc(-c2ccccn2)cc1. The lowest BCUT2D eigenvalue weighted by molar-refractivity contribution is 0.318. The number of oxime groups is 1. The van der Waals surface area contributed by atoms with Crippen LogP contribution in [0.2, 0.25) is 0 Å². The van der Waals surface area contributed by atoms with Crippen LogP contribution < -0.4 is 0 Å². The van der Waals surface area contributed by atoms with Crippen molar-refractivity contribution in [2.75, 3.05) is 0 Å². The highest BCUT2D eigenvalue weighted by molar-refractivity contribution is 6.00. The summed E-state index contributed by atoms with van der Waals surface area (Å²) in [5.74, 6) is 0. The van der Waals surface area contributed by atoms with Crippen molar-refractivity contribution in [3.8, 4) is 11.3 Å². The van der Waals surface area contributed by atoms with Gasteiger partial charge in [0.05, 0.1) is 11.4 Å². The molecule has 0 saturated heterocycles. The van der Waals surface area contributed by atoms with Gasteiger partial charge in [-0.15, -0.1) is 0 Å². The van der Waals surface area contributed by atoms with E-state index in [9.17, 15) is 0 Å². The van der Waals surface area contributed by atoms with Crippen LogP contribution in [0.15, 0.2) is 53.8 Å². The Kier molecular flexibility index (Phi) is 3.50. The molecule has 2 aromatic rings. The summed E-state index contributed by atoms with van der Waals surface area (Å²) in [4.78, 5) is 4.28. The van der Waals surface area contributed by atoms with Crippen LogP contribution in [-0.4, -0.2) is 15.9 Å². The van der Waals surface area contributed by atoms with Crippen molar-refractivity contribution >= 4 is 5.71 Å². The first-order chi connectivity index (χ1) is 8.35. The third-order valence-electron chi connectivity index (χ3n) is 2.63. The molecule has 0 amide bonds. The molecular weight excluding hydrogens is 212 g/mol. The fourth-order valence-electron chi connectivity index (χ4n) is 1.70. The van der Waals surface area contributed by atoms with Crippen LogP contribution in [0.4, 0.5) is 0 Å².